The van der Waals surface area contributed by atoms with Gasteiger partial charge in [0.25, 0.3) is 0 Å². The first kappa shape index (κ1) is 17.1. The van der Waals surface area contributed by atoms with Crippen LogP contribution in [-0.4, -0.2) is 23.9 Å². The summed E-state index contributed by atoms with van der Waals surface area (Å²) in [6.07, 6.45) is 2.08. The van der Waals surface area contributed by atoms with Crippen LogP contribution >= 0.6 is 15.9 Å². The molecular formula is C19H20BrFN2O. The minimum atomic E-state index is -0.446. The first-order chi connectivity index (χ1) is 11.5. The van der Waals surface area contributed by atoms with Crippen molar-refractivity contribution in [3.63, 3.8) is 0 Å². The van der Waals surface area contributed by atoms with Crippen LogP contribution in [0.25, 0.3) is 0 Å². The fraction of sp³-hybridized carbons (Fsp3) is 0.316. The zero-order chi connectivity index (χ0) is 17.1. The molecule has 126 valence electrons. The third-order valence-corrected chi connectivity index (χ3v) is 4.95. The summed E-state index contributed by atoms with van der Waals surface area (Å²) in [5.74, 6) is -0.327. The second-order valence-corrected chi connectivity index (χ2v) is 7.10. The average Bonchev–Trinajstić information content (AvgIpc) is 3.36. The summed E-state index contributed by atoms with van der Waals surface area (Å²) < 4.78 is 14.3. The smallest absolute Gasteiger partial charge is 0.242 e. The van der Waals surface area contributed by atoms with E-state index in [0.717, 1.165) is 28.4 Å². The average molecular weight is 391 g/mol. The Labute approximate surface area is 150 Å². The van der Waals surface area contributed by atoms with Crippen LogP contribution in [0.5, 0.6) is 0 Å². The van der Waals surface area contributed by atoms with Crippen LogP contribution < -0.4 is 5.32 Å². The van der Waals surface area contributed by atoms with Crippen molar-refractivity contribution in [2.75, 3.05) is 7.05 Å². The molecular weight excluding hydrogens is 371 g/mol. The molecule has 3 rings (SSSR count). The van der Waals surface area contributed by atoms with Gasteiger partial charge in [0.1, 0.15) is 11.9 Å². The Kier molecular flexibility index (Phi) is 5.31. The Morgan fingerprint density at radius 3 is 2.54 bits per heavy atom. The molecule has 3 nitrogen and oxygen atoms in total. The van der Waals surface area contributed by atoms with Crippen LogP contribution in [0.1, 0.15) is 30.0 Å². The predicted molar refractivity (Wildman–Crippen MR) is 95.9 cm³/mol. The van der Waals surface area contributed by atoms with Gasteiger partial charge in [-0.05, 0) is 49.2 Å². The second-order valence-electron chi connectivity index (χ2n) is 6.24. The zero-order valence-electron chi connectivity index (χ0n) is 13.5. The van der Waals surface area contributed by atoms with Crippen LogP contribution in [0.3, 0.4) is 0 Å². The van der Waals surface area contributed by atoms with Crippen molar-refractivity contribution in [1.82, 2.24) is 10.2 Å². The topological polar surface area (TPSA) is 32.3 Å². The molecule has 1 atom stereocenters. The van der Waals surface area contributed by atoms with E-state index in [4.69, 9.17) is 0 Å². The number of nitrogens with one attached hydrogen (secondary N) is 1. The Morgan fingerprint density at radius 1 is 1.25 bits per heavy atom. The maximum absolute atomic E-state index is 13.3. The van der Waals surface area contributed by atoms with Crippen LogP contribution in [0, 0.1) is 5.82 Å². The minimum Gasteiger partial charge on any atom is -0.352 e. The molecule has 0 spiro atoms. The summed E-state index contributed by atoms with van der Waals surface area (Å²) in [4.78, 5) is 14.7. The van der Waals surface area contributed by atoms with Crippen molar-refractivity contribution < 1.29 is 9.18 Å². The fourth-order valence-corrected chi connectivity index (χ4v) is 3.16. The molecule has 2 aromatic rings. The van der Waals surface area contributed by atoms with E-state index in [1.807, 2.05) is 36.2 Å². The van der Waals surface area contributed by atoms with E-state index in [-0.39, 0.29) is 17.8 Å². The van der Waals surface area contributed by atoms with Gasteiger partial charge in [0, 0.05) is 17.1 Å². The Balaban J connectivity index is 1.83. The lowest BCUT2D eigenvalue weighted by Crippen LogP contribution is -2.39. The minimum absolute atomic E-state index is 0.0290. The number of amides is 1. The number of rotatable bonds is 6. The molecule has 5 heteroatoms. The highest BCUT2D eigenvalue weighted by atomic mass is 79.9. The molecule has 0 aromatic heterocycles. The van der Waals surface area contributed by atoms with Gasteiger partial charge in [0.2, 0.25) is 5.91 Å². The molecule has 1 fully saturated rings. The Morgan fingerprint density at radius 2 is 1.92 bits per heavy atom. The van der Waals surface area contributed by atoms with Crippen molar-refractivity contribution in [2.45, 2.75) is 31.5 Å². The van der Waals surface area contributed by atoms with Crippen LogP contribution in [-0.2, 0) is 11.3 Å². The first-order valence-electron chi connectivity index (χ1n) is 8.04. The van der Waals surface area contributed by atoms with Gasteiger partial charge in [-0.15, -0.1) is 0 Å². The van der Waals surface area contributed by atoms with E-state index >= 15 is 0 Å². The Bertz CT molecular complexity index is 716. The number of nitrogens with zero attached hydrogens (tertiary/aromatic N) is 1. The molecule has 0 radical (unpaired) electrons. The Hall–Kier alpha value is -1.72. The monoisotopic (exact) mass is 390 g/mol. The van der Waals surface area contributed by atoms with Gasteiger partial charge in [-0.1, -0.05) is 46.3 Å². The van der Waals surface area contributed by atoms with Gasteiger partial charge in [-0.2, -0.15) is 0 Å². The van der Waals surface area contributed by atoms with Gasteiger partial charge >= 0.3 is 0 Å². The first-order valence-corrected chi connectivity index (χ1v) is 8.83. The number of carbonyl (C=O) groups is 1. The molecule has 0 aliphatic heterocycles. The summed E-state index contributed by atoms with van der Waals surface area (Å²) in [5, 5.41) is 3.06. The lowest BCUT2D eigenvalue weighted by Gasteiger charge is -2.28. The predicted octanol–water partition coefficient (Wildman–Crippen LogP) is 4.04. The molecule has 0 saturated heterocycles. The molecule has 0 heterocycles. The molecule has 2 aromatic carbocycles. The van der Waals surface area contributed by atoms with E-state index in [9.17, 15) is 9.18 Å². The van der Waals surface area contributed by atoms with Gasteiger partial charge in [0.05, 0.1) is 0 Å². The van der Waals surface area contributed by atoms with Gasteiger partial charge in [-0.3, -0.25) is 9.69 Å². The van der Waals surface area contributed by atoms with Crippen molar-refractivity contribution >= 4 is 21.8 Å². The maximum atomic E-state index is 13.3. The highest BCUT2D eigenvalue weighted by molar-refractivity contribution is 9.10. The largest absolute Gasteiger partial charge is 0.352 e. The van der Waals surface area contributed by atoms with Crippen molar-refractivity contribution in [3.05, 3.63) is 69.9 Å². The van der Waals surface area contributed by atoms with Crippen LogP contribution in [0.4, 0.5) is 4.39 Å². The molecule has 0 bridgehead atoms. The standard InChI is InChI=1S/C19H20BrFN2O/c1-23(12-14-4-2-3-5-17(14)20)18(19(24)22-16-10-11-16)13-6-8-15(21)9-7-13/h2-9,16,18H,10-12H2,1H3,(H,22,24)/t18-/m1/s1. The zero-order valence-corrected chi connectivity index (χ0v) is 15.1. The molecule has 24 heavy (non-hydrogen) atoms. The molecule has 1 aliphatic carbocycles. The summed E-state index contributed by atoms with van der Waals surface area (Å²) in [6.45, 7) is 0.613. The lowest BCUT2D eigenvalue weighted by molar-refractivity contribution is -0.126. The third-order valence-electron chi connectivity index (χ3n) is 4.18. The second kappa shape index (κ2) is 7.45. The van der Waals surface area contributed by atoms with Crippen LogP contribution in [0.2, 0.25) is 0 Å². The van der Waals surface area contributed by atoms with E-state index in [2.05, 4.69) is 21.2 Å². The molecule has 0 unspecified atom stereocenters. The molecule has 1 N–H and O–H groups in total. The number of carbonyl (C=O) groups excluding carboxylic acids is 1. The number of hydrogen-bond acceptors (Lipinski definition) is 2. The van der Waals surface area contributed by atoms with Crippen molar-refractivity contribution in [2.24, 2.45) is 0 Å². The SMILES string of the molecule is CN(Cc1ccccc1Br)[C@@H](C(=O)NC1CC1)c1ccc(F)cc1. The number of halogens is 2. The number of benzene rings is 2. The quantitative estimate of drug-likeness (QED) is 0.806. The van der Waals surface area contributed by atoms with Crippen molar-refractivity contribution in [1.29, 1.82) is 0 Å². The molecule has 1 amide bonds. The molecule has 1 saturated carbocycles. The summed E-state index contributed by atoms with van der Waals surface area (Å²) >= 11 is 3.55. The van der Waals surface area contributed by atoms with Gasteiger partial charge in [-0.25, -0.2) is 4.39 Å². The van der Waals surface area contributed by atoms with E-state index < -0.39 is 6.04 Å². The van der Waals surface area contributed by atoms with Gasteiger partial charge < -0.3 is 5.32 Å². The maximum Gasteiger partial charge on any atom is 0.242 e. The van der Waals surface area contributed by atoms with Crippen molar-refractivity contribution in [3.8, 4) is 0 Å². The highest BCUT2D eigenvalue weighted by Crippen LogP contribution is 2.27. The summed E-state index contributed by atoms with van der Waals surface area (Å²) in [7, 11) is 1.92. The molecule has 1 aliphatic rings. The van der Waals surface area contributed by atoms with E-state index in [1.54, 1.807) is 12.1 Å². The lowest BCUT2D eigenvalue weighted by atomic mass is 10.0. The number of likely N-dealkylation sites (N-methyl/N-ethyl adjacent to an activating group) is 1. The highest BCUT2D eigenvalue weighted by Gasteiger charge is 2.31. The number of hydrogen-bond donors (Lipinski definition) is 1. The normalized spacial score (nSPS) is 15.3. The fourth-order valence-electron chi connectivity index (χ4n) is 2.75. The summed E-state index contributed by atoms with van der Waals surface area (Å²) in [5.41, 5.74) is 1.90. The van der Waals surface area contributed by atoms with E-state index in [1.165, 1.54) is 12.1 Å². The third kappa shape index (κ3) is 4.22. The summed E-state index contributed by atoms with van der Waals surface area (Å²) in [6, 6.07) is 14.0. The van der Waals surface area contributed by atoms with Gasteiger partial charge in [0.15, 0.2) is 0 Å². The van der Waals surface area contributed by atoms with Crippen LogP contribution in [0.15, 0.2) is 53.0 Å². The van der Waals surface area contributed by atoms with E-state index in [0.29, 0.717) is 6.54 Å².